The number of hydrogen-bond donors (Lipinski definition) is 0. The number of tetrazole rings is 1. The number of hydrogen-bond acceptors (Lipinski definition) is 6. The first kappa shape index (κ1) is 14.1. The molecule has 2 heterocycles. The molecule has 0 aliphatic heterocycles. The van der Waals surface area contributed by atoms with Gasteiger partial charge in [0.15, 0.2) is 5.82 Å². The van der Waals surface area contributed by atoms with Gasteiger partial charge in [-0.15, -0.1) is 15.3 Å². The third kappa shape index (κ3) is 3.59. The van der Waals surface area contributed by atoms with Crippen molar-refractivity contribution in [2.75, 3.05) is 7.05 Å². The number of nitrogens with zero attached hydrogens (tertiary/aromatic N) is 8. The summed E-state index contributed by atoms with van der Waals surface area (Å²) in [6.07, 6.45) is 4.37. The Morgan fingerprint density at radius 2 is 2.20 bits per heavy atom. The van der Waals surface area contributed by atoms with Gasteiger partial charge in [0.2, 0.25) is 5.91 Å². The Morgan fingerprint density at radius 1 is 1.35 bits per heavy atom. The summed E-state index contributed by atoms with van der Waals surface area (Å²) in [5.41, 5.74) is 0. The van der Waals surface area contributed by atoms with E-state index >= 15 is 0 Å². The molecule has 0 saturated heterocycles. The zero-order valence-electron chi connectivity index (χ0n) is 11.7. The van der Waals surface area contributed by atoms with Crippen LogP contribution in [0.15, 0.2) is 12.7 Å². The van der Waals surface area contributed by atoms with Crippen molar-refractivity contribution in [2.24, 2.45) is 0 Å². The highest BCUT2D eigenvalue weighted by Gasteiger charge is 2.12. The van der Waals surface area contributed by atoms with Gasteiger partial charge in [0.1, 0.15) is 12.7 Å². The van der Waals surface area contributed by atoms with Crippen molar-refractivity contribution in [3.63, 3.8) is 0 Å². The van der Waals surface area contributed by atoms with Gasteiger partial charge in [-0.3, -0.25) is 4.79 Å². The van der Waals surface area contributed by atoms with Gasteiger partial charge in [-0.1, -0.05) is 0 Å². The van der Waals surface area contributed by atoms with E-state index in [2.05, 4.69) is 25.7 Å². The van der Waals surface area contributed by atoms with Crippen molar-refractivity contribution < 1.29 is 4.79 Å². The highest BCUT2D eigenvalue weighted by molar-refractivity contribution is 5.75. The Hall–Kier alpha value is -2.32. The second kappa shape index (κ2) is 6.73. The molecule has 2 aromatic rings. The summed E-state index contributed by atoms with van der Waals surface area (Å²) in [5, 5.41) is 18.7. The second-order valence-corrected chi connectivity index (χ2v) is 4.46. The fourth-order valence-electron chi connectivity index (χ4n) is 1.83. The lowest BCUT2D eigenvalue weighted by atomic mass is 10.3. The van der Waals surface area contributed by atoms with Crippen LogP contribution in [-0.4, -0.2) is 52.8 Å². The van der Waals surface area contributed by atoms with Crippen LogP contribution in [0.5, 0.6) is 0 Å². The quantitative estimate of drug-likeness (QED) is 0.691. The van der Waals surface area contributed by atoms with Crippen LogP contribution in [0.4, 0.5) is 0 Å². The van der Waals surface area contributed by atoms with Crippen molar-refractivity contribution in [3.05, 3.63) is 18.5 Å². The normalized spacial score (nSPS) is 10.7. The Kier molecular flexibility index (Phi) is 4.75. The van der Waals surface area contributed by atoms with E-state index in [9.17, 15) is 4.79 Å². The zero-order chi connectivity index (χ0) is 14.4. The number of carbonyl (C=O) groups excluding carboxylic acids is 1. The van der Waals surface area contributed by atoms with Crippen LogP contribution >= 0.6 is 0 Å². The van der Waals surface area contributed by atoms with E-state index in [4.69, 9.17) is 0 Å². The van der Waals surface area contributed by atoms with Gasteiger partial charge in [-0.2, -0.15) is 0 Å². The van der Waals surface area contributed by atoms with Crippen molar-refractivity contribution >= 4 is 5.91 Å². The third-order valence-electron chi connectivity index (χ3n) is 3.01. The lowest BCUT2D eigenvalue weighted by Crippen LogP contribution is -2.27. The van der Waals surface area contributed by atoms with E-state index in [1.807, 2.05) is 11.5 Å². The van der Waals surface area contributed by atoms with Crippen LogP contribution in [0, 0.1) is 0 Å². The van der Waals surface area contributed by atoms with Gasteiger partial charge in [-0.25, -0.2) is 4.68 Å². The van der Waals surface area contributed by atoms with Gasteiger partial charge >= 0.3 is 0 Å². The smallest absolute Gasteiger partial charge is 0.222 e. The first-order valence-electron chi connectivity index (χ1n) is 6.52. The van der Waals surface area contributed by atoms with Gasteiger partial charge < -0.3 is 9.47 Å². The molecule has 2 aromatic heterocycles. The molecule has 2 rings (SSSR count). The minimum Gasteiger partial charge on any atom is -0.338 e. The molecule has 9 nitrogen and oxygen atoms in total. The molecule has 0 fully saturated rings. The van der Waals surface area contributed by atoms with Crippen LogP contribution < -0.4 is 0 Å². The lowest BCUT2D eigenvalue weighted by Gasteiger charge is -2.16. The van der Waals surface area contributed by atoms with E-state index < -0.39 is 0 Å². The average Bonchev–Trinajstić information content (AvgIpc) is 3.09. The Bertz CT molecular complexity index is 534. The average molecular weight is 278 g/mol. The van der Waals surface area contributed by atoms with E-state index in [1.165, 1.54) is 6.33 Å². The number of amides is 1. The predicted octanol–water partition coefficient (Wildman–Crippen LogP) is -0.277. The number of aromatic nitrogens is 7. The molecule has 108 valence electrons. The highest BCUT2D eigenvalue weighted by Crippen LogP contribution is 2.03. The van der Waals surface area contributed by atoms with Crippen molar-refractivity contribution in [1.29, 1.82) is 0 Å². The third-order valence-corrected chi connectivity index (χ3v) is 3.01. The molecule has 0 N–H and O–H groups in total. The number of carbonyl (C=O) groups is 1. The standard InChI is InChI=1S/C11H18N8O/c1-3-18-8-12-14-10(18)7-17(2)11(20)5-4-6-19-9-13-15-16-19/h8-9H,3-7H2,1-2H3. The van der Waals surface area contributed by atoms with Gasteiger partial charge in [-0.05, 0) is 23.8 Å². The van der Waals surface area contributed by atoms with E-state index in [1.54, 1.807) is 23.0 Å². The van der Waals surface area contributed by atoms with Crippen LogP contribution in [0.3, 0.4) is 0 Å². The molecule has 0 aliphatic rings. The summed E-state index contributed by atoms with van der Waals surface area (Å²) < 4.78 is 3.53. The number of rotatable bonds is 7. The molecule has 0 spiro atoms. The molecule has 0 aromatic carbocycles. The maximum absolute atomic E-state index is 12.0. The van der Waals surface area contributed by atoms with E-state index in [0.29, 0.717) is 25.9 Å². The molecule has 1 amide bonds. The van der Waals surface area contributed by atoms with Crippen LogP contribution in [0.25, 0.3) is 0 Å². The predicted molar refractivity (Wildman–Crippen MR) is 69.2 cm³/mol. The summed E-state index contributed by atoms with van der Waals surface area (Å²) in [5.74, 6) is 0.868. The molecular weight excluding hydrogens is 260 g/mol. The molecule has 0 aliphatic carbocycles. The van der Waals surface area contributed by atoms with Crippen LogP contribution in [0.2, 0.25) is 0 Å². The molecule has 20 heavy (non-hydrogen) atoms. The highest BCUT2D eigenvalue weighted by atomic mass is 16.2. The van der Waals surface area contributed by atoms with Crippen molar-refractivity contribution in [2.45, 2.75) is 39.4 Å². The SMILES string of the molecule is CCn1cnnc1CN(C)C(=O)CCCn1cnnn1. The molecule has 9 heteroatoms. The summed E-state index contributed by atoms with van der Waals surface area (Å²) in [4.78, 5) is 13.7. The number of aryl methyl sites for hydroxylation is 2. The first-order chi connectivity index (χ1) is 9.70. The summed E-state index contributed by atoms with van der Waals surface area (Å²) >= 11 is 0. The first-order valence-corrected chi connectivity index (χ1v) is 6.52. The van der Waals surface area contributed by atoms with Gasteiger partial charge in [0.25, 0.3) is 0 Å². The van der Waals surface area contributed by atoms with Crippen LogP contribution in [-0.2, 0) is 24.4 Å². The Balaban J connectivity index is 1.77. The minimum atomic E-state index is 0.0729. The maximum Gasteiger partial charge on any atom is 0.222 e. The van der Waals surface area contributed by atoms with Crippen LogP contribution in [0.1, 0.15) is 25.6 Å². The largest absolute Gasteiger partial charge is 0.338 e. The summed E-state index contributed by atoms with van der Waals surface area (Å²) in [6.45, 7) is 3.92. The maximum atomic E-state index is 12.0. The van der Waals surface area contributed by atoms with E-state index in [0.717, 1.165) is 12.4 Å². The summed E-state index contributed by atoms with van der Waals surface area (Å²) in [6, 6.07) is 0. The van der Waals surface area contributed by atoms with Crippen molar-refractivity contribution in [1.82, 2.24) is 39.9 Å². The molecule has 0 atom stereocenters. The second-order valence-electron chi connectivity index (χ2n) is 4.46. The monoisotopic (exact) mass is 278 g/mol. The van der Waals surface area contributed by atoms with Gasteiger partial charge in [0, 0.05) is 26.6 Å². The van der Waals surface area contributed by atoms with E-state index in [-0.39, 0.29) is 5.91 Å². The zero-order valence-corrected chi connectivity index (χ0v) is 11.7. The molecule has 0 unspecified atom stereocenters. The molecular formula is C11H18N8O. The fraction of sp³-hybridized carbons (Fsp3) is 0.636. The Morgan fingerprint density at radius 3 is 2.90 bits per heavy atom. The lowest BCUT2D eigenvalue weighted by molar-refractivity contribution is -0.130. The van der Waals surface area contributed by atoms with Gasteiger partial charge in [0.05, 0.1) is 6.54 Å². The summed E-state index contributed by atoms with van der Waals surface area (Å²) in [7, 11) is 1.77. The minimum absolute atomic E-state index is 0.0729. The Labute approximate surface area is 116 Å². The fourth-order valence-corrected chi connectivity index (χ4v) is 1.83. The molecule has 0 radical (unpaired) electrons. The van der Waals surface area contributed by atoms with Crippen molar-refractivity contribution in [3.8, 4) is 0 Å². The topological polar surface area (TPSA) is 94.6 Å². The molecule has 0 saturated carbocycles. The molecule has 0 bridgehead atoms.